The van der Waals surface area contributed by atoms with Gasteiger partial charge in [-0.05, 0) is 25.7 Å². The SMILES string of the molecule is CCCCC(CCC)NCC(O)COC1CCCCC1. The summed E-state index contributed by atoms with van der Waals surface area (Å²) in [6.07, 6.45) is 12.4. The summed E-state index contributed by atoms with van der Waals surface area (Å²) in [5.74, 6) is 0. The van der Waals surface area contributed by atoms with Crippen LogP contribution in [0.15, 0.2) is 0 Å². The molecule has 0 aliphatic heterocycles. The molecule has 1 fully saturated rings. The zero-order valence-corrected chi connectivity index (χ0v) is 13.6. The fraction of sp³-hybridized carbons (Fsp3) is 1.00. The molecule has 1 aliphatic rings. The number of nitrogens with one attached hydrogen (secondary N) is 1. The zero-order chi connectivity index (χ0) is 14.6. The fourth-order valence-corrected chi connectivity index (χ4v) is 2.99. The van der Waals surface area contributed by atoms with Gasteiger partial charge in [0.1, 0.15) is 0 Å². The van der Waals surface area contributed by atoms with E-state index in [4.69, 9.17) is 4.74 Å². The van der Waals surface area contributed by atoms with Crippen LogP contribution < -0.4 is 5.32 Å². The minimum Gasteiger partial charge on any atom is -0.389 e. The van der Waals surface area contributed by atoms with Crippen molar-refractivity contribution in [1.82, 2.24) is 5.32 Å². The van der Waals surface area contributed by atoms with E-state index in [1.165, 1.54) is 64.2 Å². The zero-order valence-electron chi connectivity index (χ0n) is 13.6. The molecule has 0 aromatic rings. The lowest BCUT2D eigenvalue weighted by Gasteiger charge is -2.24. The van der Waals surface area contributed by atoms with Crippen LogP contribution in [0.25, 0.3) is 0 Å². The second-order valence-corrected chi connectivity index (χ2v) is 6.28. The smallest absolute Gasteiger partial charge is 0.0897 e. The first-order valence-electron chi connectivity index (χ1n) is 8.79. The third kappa shape index (κ3) is 8.23. The molecule has 0 aromatic heterocycles. The van der Waals surface area contributed by atoms with Gasteiger partial charge in [-0.15, -0.1) is 0 Å². The molecule has 3 nitrogen and oxygen atoms in total. The molecule has 0 spiro atoms. The molecule has 2 unspecified atom stereocenters. The van der Waals surface area contributed by atoms with E-state index in [0.717, 1.165) is 0 Å². The molecule has 0 radical (unpaired) electrons. The maximum absolute atomic E-state index is 10.0. The normalized spacial score (nSPS) is 19.9. The number of ether oxygens (including phenoxy) is 1. The molecule has 1 saturated carbocycles. The highest BCUT2D eigenvalue weighted by Crippen LogP contribution is 2.20. The van der Waals surface area contributed by atoms with Crippen molar-refractivity contribution in [3.05, 3.63) is 0 Å². The van der Waals surface area contributed by atoms with Gasteiger partial charge in [0.15, 0.2) is 0 Å². The van der Waals surface area contributed by atoms with Crippen LogP contribution in [0.4, 0.5) is 0 Å². The largest absolute Gasteiger partial charge is 0.389 e. The summed E-state index contributed by atoms with van der Waals surface area (Å²) < 4.78 is 5.83. The number of hydrogen-bond donors (Lipinski definition) is 2. The maximum Gasteiger partial charge on any atom is 0.0897 e. The Morgan fingerprint density at radius 2 is 1.85 bits per heavy atom. The van der Waals surface area contributed by atoms with Gasteiger partial charge in [-0.2, -0.15) is 0 Å². The van der Waals surface area contributed by atoms with Crippen LogP contribution in [-0.2, 0) is 4.74 Å². The van der Waals surface area contributed by atoms with Gasteiger partial charge in [-0.25, -0.2) is 0 Å². The van der Waals surface area contributed by atoms with Crippen molar-refractivity contribution in [3.8, 4) is 0 Å². The van der Waals surface area contributed by atoms with Crippen LogP contribution in [-0.4, -0.2) is 36.5 Å². The Hall–Kier alpha value is -0.120. The first-order valence-corrected chi connectivity index (χ1v) is 8.79. The van der Waals surface area contributed by atoms with Gasteiger partial charge in [0.05, 0.1) is 18.8 Å². The summed E-state index contributed by atoms with van der Waals surface area (Å²) >= 11 is 0. The van der Waals surface area contributed by atoms with E-state index in [1.54, 1.807) is 0 Å². The van der Waals surface area contributed by atoms with E-state index in [1.807, 2.05) is 0 Å². The van der Waals surface area contributed by atoms with E-state index in [9.17, 15) is 5.11 Å². The van der Waals surface area contributed by atoms with Crippen molar-refractivity contribution in [2.75, 3.05) is 13.2 Å². The highest BCUT2D eigenvalue weighted by molar-refractivity contribution is 4.71. The lowest BCUT2D eigenvalue weighted by molar-refractivity contribution is -0.0237. The van der Waals surface area contributed by atoms with Crippen LogP contribution in [0.3, 0.4) is 0 Å². The highest BCUT2D eigenvalue weighted by Gasteiger charge is 2.16. The molecular formula is C17H35NO2. The second kappa shape index (κ2) is 11.5. The van der Waals surface area contributed by atoms with Gasteiger partial charge in [0, 0.05) is 12.6 Å². The molecule has 0 heterocycles. The first kappa shape index (κ1) is 17.9. The molecule has 1 aliphatic carbocycles. The summed E-state index contributed by atoms with van der Waals surface area (Å²) in [4.78, 5) is 0. The molecule has 1 rings (SSSR count). The Labute approximate surface area is 125 Å². The summed E-state index contributed by atoms with van der Waals surface area (Å²) in [6, 6.07) is 0.560. The van der Waals surface area contributed by atoms with Crippen molar-refractivity contribution < 1.29 is 9.84 Å². The Bertz CT molecular complexity index is 217. The first-order chi connectivity index (χ1) is 9.76. The Morgan fingerprint density at radius 3 is 2.50 bits per heavy atom. The van der Waals surface area contributed by atoms with E-state index in [0.29, 0.717) is 25.3 Å². The number of unbranched alkanes of at least 4 members (excludes halogenated alkanes) is 1. The lowest BCUT2D eigenvalue weighted by atomic mass is 9.98. The van der Waals surface area contributed by atoms with Gasteiger partial charge < -0.3 is 15.2 Å². The molecule has 20 heavy (non-hydrogen) atoms. The number of hydrogen-bond acceptors (Lipinski definition) is 3. The Morgan fingerprint density at radius 1 is 1.10 bits per heavy atom. The Kier molecular flexibility index (Phi) is 10.3. The van der Waals surface area contributed by atoms with Crippen molar-refractivity contribution in [2.45, 2.75) is 96.3 Å². The van der Waals surface area contributed by atoms with Crippen LogP contribution in [0, 0.1) is 0 Å². The van der Waals surface area contributed by atoms with Crippen molar-refractivity contribution in [2.24, 2.45) is 0 Å². The summed E-state index contributed by atoms with van der Waals surface area (Å²) in [5.41, 5.74) is 0. The van der Waals surface area contributed by atoms with Gasteiger partial charge in [0.25, 0.3) is 0 Å². The maximum atomic E-state index is 10.0. The monoisotopic (exact) mass is 285 g/mol. The number of aliphatic hydroxyl groups excluding tert-OH is 1. The minimum absolute atomic E-state index is 0.363. The predicted molar refractivity (Wildman–Crippen MR) is 85.1 cm³/mol. The van der Waals surface area contributed by atoms with Crippen LogP contribution in [0.1, 0.15) is 78.1 Å². The molecule has 3 heteroatoms. The highest BCUT2D eigenvalue weighted by atomic mass is 16.5. The van der Waals surface area contributed by atoms with Crippen molar-refractivity contribution >= 4 is 0 Å². The average molecular weight is 285 g/mol. The summed E-state index contributed by atoms with van der Waals surface area (Å²) in [6.45, 7) is 5.62. The molecule has 0 saturated heterocycles. The summed E-state index contributed by atoms with van der Waals surface area (Å²) in [7, 11) is 0. The van der Waals surface area contributed by atoms with Crippen molar-refractivity contribution in [3.63, 3.8) is 0 Å². The number of aliphatic hydroxyl groups is 1. The predicted octanol–water partition coefficient (Wildman–Crippen LogP) is 3.65. The van der Waals surface area contributed by atoms with Gasteiger partial charge >= 0.3 is 0 Å². The second-order valence-electron chi connectivity index (χ2n) is 6.28. The third-order valence-electron chi connectivity index (χ3n) is 4.26. The van der Waals surface area contributed by atoms with Crippen molar-refractivity contribution in [1.29, 1.82) is 0 Å². The summed E-state index contributed by atoms with van der Waals surface area (Å²) in [5, 5.41) is 13.5. The topological polar surface area (TPSA) is 41.5 Å². The minimum atomic E-state index is -0.363. The fourth-order valence-electron chi connectivity index (χ4n) is 2.99. The van der Waals surface area contributed by atoms with E-state index in [-0.39, 0.29) is 6.10 Å². The Balaban J connectivity index is 2.10. The number of rotatable bonds is 11. The molecule has 2 atom stereocenters. The molecular weight excluding hydrogens is 250 g/mol. The molecule has 120 valence electrons. The third-order valence-corrected chi connectivity index (χ3v) is 4.26. The standard InChI is InChI=1S/C17H35NO2/c1-3-5-10-15(9-4-2)18-13-16(19)14-20-17-11-7-6-8-12-17/h15-19H,3-14H2,1-2H3. The van der Waals surface area contributed by atoms with E-state index < -0.39 is 0 Å². The van der Waals surface area contributed by atoms with Crippen LogP contribution in [0.5, 0.6) is 0 Å². The average Bonchev–Trinajstić information content (AvgIpc) is 2.49. The van der Waals surface area contributed by atoms with Crippen LogP contribution >= 0.6 is 0 Å². The molecule has 0 amide bonds. The quantitative estimate of drug-likeness (QED) is 0.609. The van der Waals surface area contributed by atoms with Gasteiger partial charge in [0.2, 0.25) is 0 Å². The molecule has 0 aromatic carbocycles. The van der Waals surface area contributed by atoms with Crippen LogP contribution in [0.2, 0.25) is 0 Å². The van der Waals surface area contributed by atoms with Gasteiger partial charge in [-0.3, -0.25) is 0 Å². The van der Waals surface area contributed by atoms with E-state index in [2.05, 4.69) is 19.2 Å². The molecule has 2 N–H and O–H groups in total. The molecule has 0 bridgehead atoms. The lowest BCUT2D eigenvalue weighted by Crippen LogP contribution is -2.38. The van der Waals surface area contributed by atoms with E-state index >= 15 is 0 Å². The van der Waals surface area contributed by atoms with Gasteiger partial charge in [-0.1, -0.05) is 52.4 Å².